The summed E-state index contributed by atoms with van der Waals surface area (Å²) in [5.41, 5.74) is 8.70. The Hall–Kier alpha value is -1.25. The van der Waals surface area contributed by atoms with Gasteiger partial charge in [-0.3, -0.25) is 4.76 Å². The number of hydrogen-bond acceptors (Lipinski definition) is 6. The van der Waals surface area contributed by atoms with E-state index < -0.39 is 5.60 Å². The van der Waals surface area contributed by atoms with Gasteiger partial charge in [-0.2, -0.15) is 0 Å². The Balaban J connectivity index is 1.64. The maximum atomic E-state index is 10.5. The number of anilines is 1. The van der Waals surface area contributed by atoms with Gasteiger partial charge in [0.25, 0.3) is 0 Å². The summed E-state index contributed by atoms with van der Waals surface area (Å²) < 4.78 is 6.12. The van der Waals surface area contributed by atoms with Crippen LogP contribution in [0.4, 0.5) is 5.82 Å². The average Bonchev–Trinajstić information content (AvgIpc) is 3.25. The van der Waals surface area contributed by atoms with Gasteiger partial charge in [0.05, 0.1) is 23.9 Å². The molecule has 2 fully saturated rings. The minimum atomic E-state index is -0.485. The SMILES string of the molecule is CC(C=C(N)c1cnc2ccc(NC34CCC(O)(CC3)C4)nn12)=NPI. The molecule has 7 nitrogen and oxygen atoms in total. The highest BCUT2D eigenvalue weighted by Crippen LogP contribution is 2.51. The number of aliphatic hydroxyl groups is 1. The Kier molecular flexibility index (Phi) is 4.69. The zero-order valence-corrected chi connectivity index (χ0v) is 17.7. The summed E-state index contributed by atoms with van der Waals surface area (Å²) in [4.78, 5) is 4.39. The van der Waals surface area contributed by atoms with Crippen LogP contribution in [0.25, 0.3) is 11.3 Å². The largest absolute Gasteiger partial charge is 0.397 e. The van der Waals surface area contributed by atoms with Crippen LogP contribution in [-0.2, 0) is 0 Å². The van der Waals surface area contributed by atoms with Crippen molar-refractivity contribution in [2.75, 3.05) is 5.32 Å². The number of nitrogens with zero attached hydrogens (tertiary/aromatic N) is 4. The van der Waals surface area contributed by atoms with Crippen molar-refractivity contribution >= 4 is 51.3 Å². The Morgan fingerprint density at radius 3 is 2.85 bits per heavy atom. The molecule has 0 spiro atoms. The molecule has 2 heterocycles. The van der Waals surface area contributed by atoms with Crippen molar-refractivity contribution in [2.24, 2.45) is 10.5 Å². The van der Waals surface area contributed by atoms with E-state index in [-0.39, 0.29) is 5.54 Å². The molecule has 4 rings (SSSR count). The topological polar surface area (TPSA) is 101 Å². The quantitative estimate of drug-likeness (QED) is 0.344. The van der Waals surface area contributed by atoms with Crippen LogP contribution in [0.5, 0.6) is 0 Å². The smallest absolute Gasteiger partial charge is 0.154 e. The molecule has 1 atom stereocenters. The Morgan fingerprint density at radius 2 is 2.19 bits per heavy atom. The lowest BCUT2D eigenvalue weighted by molar-refractivity contribution is 0.0521. The second-order valence-electron chi connectivity index (χ2n) is 7.38. The fraction of sp³-hybridized carbons (Fsp3) is 0.471. The number of nitrogens with one attached hydrogen (secondary N) is 1. The lowest BCUT2D eigenvalue weighted by Crippen LogP contribution is -2.33. The van der Waals surface area contributed by atoms with Gasteiger partial charge in [0.15, 0.2) is 5.65 Å². The van der Waals surface area contributed by atoms with Gasteiger partial charge in [0.2, 0.25) is 0 Å². The summed E-state index contributed by atoms with van der Waals surface area (Å²) in [6, 6.07) is 3.88. The molecule has 138 valence electrons. The molecule has 2 saturated carbocycles. The highest BCUT2D eigenvalue weighted by atomic mass is 127. The van der Waals surface area contributed by atoms with Gasteiger partial charge in [-0.1, -0.05) is 0 Å². The number of fused-ring (bicyclic) bond motifs is 3. The van der Waals surface area contributed by atoms with Crippen LogP contribution in [0.2, 0.25) is 0 Å². The van der Waals surface area contributed by atoms with E-state index in [2.05, 4.69) is 37.1 Å². The molecule has 0 saturated heterocycles. The number of aromatic nitrogens is 3. The first-order valence-electron chi connectivity index (χ1n) is 8.65. The van der Waals surface area contributed by atoms with Crippen LogP contribution < -0.4 is 11.1 Å². The Labute approximate surface area is 166 Å². The monoisotopic (exact) mass is 484 g/mol. The molecule has 2 bridgehead atoms. The van der Waals surface area contributed by atoms with Crippen molar-refractivity contribution in [3.05, 3.63) is 30.1 Å². The number of rotatable bonds is 5. The molecule has 2 aromatic rings. The molecule has 1 unspecified atom stereocenters. The van der Waals surface area contributed by atoms with Crippen molar-refractivity contribution in [1.29, 1.82) is 0 Å². The molecule has 0 aromatic carbocycles. The third-order valence-corrected chi connectivity index (χ3v) is 6.60. The van der Waals surface area contributed by atoms with Crippen LogP contribution in [-0.4, -0.2) is 36.6 Å². The first-order chi connectivity index (χ1) is 12.4. The Bertz CT molecular complexity index is 900. The summed E-state index contributed by atoms with van der Waals surface area (Å²) in [6.45, 7) is 1.93. The third kappa shape index (κ3) is 3.34. The molecule has 26 heavy (non-hydrogen) atoms. The maximum Gasteiger partial charge on any atom is 0.154 e. The minimum absolute atomic E-state index is 0.0397. The van der Waals surface area contributed by atoms with Crippen molar-refractivity contribution in [3.8, 4) is 0 Å². The molecule has 4 N–H and O–H groups in total. The van der Waals surface area contributed by atoms with Crippen LogP contribution in [0.15, 0.2) is 29.2 Å². The first-order valence-corrected chi connectivity index (χ1v) is 12.7. The molecule has 2 aromatic heterocycles. The van der Waals surface area contributed by atoms with Gasteiger partial charge in [0.1, 0.15) is 11.5 Å². The zero-order chi connectivity index (χ0) is 18.4. The summed E-state index contributed by atoms with van der Waals surface area (Å²) in [7, 11) is 0. The number of allylic oxidation sites excluding steroid dienone is 1. The fourth-order valence-corrected chi connectivity index (χ4v) is 5.49. The van der Waals surface area contributed by atoms with E-state index in [0.29, 0.717) is 12.1 Å². The molecular formula is C17H22IN6OP. The minimum Gasteiger partial charge on any atom is -0.397 e. The van der Waals surface area contributed by atoms with Crippen LogP contribution in [0.3, 0.4) is 0 Å². The molecule has 9 heteroatoms. The summed E-state index contributed by atoms with van der Waals surface area (Å²) in [5.74, 6) is 0.787. The van der Waals surface area contributed by atoms with Crippen molar-refractivity contribution in [3.63, 3.8) is 0 Å². The van der Waals surface area contributed by atoms with E-state index in [4.69, 9.17) is 10.8 Å². The molecule has 0 amide bonds. The first kappa shape index (κ1) is 18.1. The second-order valence-corrected chi connectivity index (χ2v) is 9.22. The van der Waals surface area contributed by atoms with Gasteiger partial charge >= 0.3 is 0 Å². The number of halogens is 1. The Morgan fingerprint density at radius 1 is 1.42 bits per heavy atom. The molecule has 2 aliphatic carbocycles. The van der Waals surface area contributed by atoms with E-state index in [1.807, 2.05) is 25.1 Å². The highest BCUT2D eigenvalue weighted by Gasteiger charge is 2.53. The van der Waals surface area contributed by atoms with Crippen molar-refractivity contribution in [2.45, 2.75) is 50.2 Å². The normalized spacial score (nSPS) is 29.3. The summed E-state index contributed by atoms with van der Waals surface area (Å²) in [5, 5.41) is 18.7. The van der Waals surface area contributed by atoms with E-state index in [1.54, 1.807) is 10.7 Å². The van der Waals surface area contributed by atoms with Gasteiger partial charge in [0, 0.05) is 11.3 Å². The molecule has 2 aliphatic rings. The van der Waals surface area contributed by atoms with Gasteiger partial charge < -0.3 is 16.2 Å². The number of hydrogen-bond donors (Lipinski definition) is 3. The fourth-order valence-electron chi connectivity index (χ4n) is 4.15. The average molecular weight is 484 g/mol. The van der Waals surface area contributed by atoms with Gasteiger partial charge in [-0.25, -0.2) is 9.50 Å². The van der Waals surface area contributed by atoms with E-state index in [0.717, 1.165) is 55.0 Å². The lowest BCUT2D eigenvalue weighted by atomic mass is 9.93. The number of nitrogens with two attached hydrogens (primary N) is 1. The second kappa shape index (κ2) is 6.73. The summed E-state index contributed by atoms with van der Waals surface area (Å²) in [6.07, 6.45) is 8.55. The van der Waals surface area contributed by atoms with Crippen LogP contribution >= 0.6 is 28.4 Å². The molecule has 0 radical (unpaired) electrons. The van der Waals surface area contributed by atoms with E-state index in [9.17, 15) is 5.11 Å². The standard InChI is InChI=1S/C17H22IN6OP/c1-11(23-26-18)8-12(19)13-9-20-15-3-2-14(22-24(13)15)21-16-4-6-17(25,10-16)7-5-16/h2-3,8-9,25-26H,4-7,10,19H2,1H3,(H,21,22). The zero-order valence-electron chi connectivity index (χ0n) is 14.5. The lowest BCUT2D eigenvalue weighted by Gasteiger charge is -2.28. The van der Waals surface area contributed by atoms with E-state index in [1.165, 1.54) is 0 Å². The van der Waals surface area contributed by atoms with E-state index >= 15 is 0 Å². The molecule has 0 aliphatic heterocycles. The highest BCUT2D eigenvalue weighted by molar-refractivity contribution is 14.2. The van der Waals surface area contributed by atoms with Gasteiger partial charge in [-0.05, 0) is 79.3 Å². The molecular weight excluding hydrogens is 462 g/mol. The predicted molar refractivity (Wildman–Crippen MR) is 115 cm³/mol. The van der Waals surface area contributed by atoms with Crippen molar-refractivity contribution in [1.82, 2.24) is 14.6 Å². The number of imidazole rings is 1. The third-order valence-electron chi connectivity index (χ3n) is 5.44. The predicted octanol–water partition coefficient (Wildman–Crippen LogP) is 3.29. The van der Waals surface area contributed by atoms with Crippen LogP contribution in [0, 0.1) is 0 Å². The maximum absolute atomic E-state index is 10.5. The van der Waals surface area contributed by atoms with Gasteiger partial charge in [-0.15, -0.1) is 5.10 Å². The van der Waals surface area contributed by atoms with Crippen LogP contribution in [0.1, 0.15) is 44.7 Å². The summed E-state index contributed by atoms with van der Waals surface area (Å²) >= 11 is 2.23. The van der Waals surface area contributed by atoms with Crippen molar-refractivity contribution < 1.29 is 5.11 Å².